The fourth-order valence-corrected chi connectivity index (χ4v) is 9.81. The van der Waals surface area contributed by atoms with Crippen molar-refractivity contribution in [1.29, 1.82) is 0 Å². The summed E-state index contributed by atoms with van der Waals surface area (Å²) < 4.78 is 5.46. The lowest BCUT2D eigenvalue weighted by Crippen LogP contribution is -2.45. The van der Waals surface area contributed by atoms with Crippen molar-refractivity contribution in [2.24, 2.45) is 0 Å². The van der Waals surface area contributed by atoms with Crippen molar-refractivity contribution >= 4 is 11.9 Å². The summed E-state index contributed by atoms with van der Waals surface area (Å²) in [5.74, 6) is -0.0851. The zero-order valence-electron chi connectivity index (χ0n) is 46.1. The second kappa shape index (κ2) is 58.2. The summed E-state index contributed by atoms with van der Waals surface area (Å²) in [6.45, 7) is 4.91. The summed E-state index contributed by atoms with van der Waals surface area (Å²) in [6.07, 6.45) is 69.3. The van der Waals surface area contributed by atoms with Gasteiger partial charge in [-0.05, 0) is 51.4 Å². The molecule has 0 aliphatic carbocycles. The molecular formula is C62H121NO5. The highest BCUT2D eigenvalue weighted by atomic mass is 16.5. The van der Waals surface area contributed by atoms with Gasteiger partial charge in [0.25, 0.3) is 0 Å². The molecule has 0 spiro atoms. The van der Waals surface area contributed by atoms with Gasteiger partial charge in [0.15, 0.2) is 0 Å². The number of carbonyl (C=O) groups excluding carboxylic acids is 2. The number of carbonyl (C=O) groups is 2. The molecule has 0 aromatic heterocycles. The quantitative estimate of drug-likeness (QED) is 0.0321. The predicted octanol–water partition coefficient (Wildman–Crippen LogP) is 19.2. The SMILES string of the molecule is CCCCCCCCCCCCCCCCCCCCCCCCC(O)C(CO)NC(=O)CCCCCCC/C=C\CCCCOC(=O)CCCCCCCCCCCCCCCCCCCC. The van der Waals surface area contributed by atoms with Crippen LogP contribution in [-0.2, 0) is 14.3 Å². The van der Waals surface area contributed by atoms with Crippen LogP contribution in [0.15, 0.2) is 12.2 Å². The summed E-state index contributed by atoms with van der Waals surface area (Å²) in [4.78, 5) is 24.6. The van der Waals surface area contributed by atoms with Crippen molar-refractivity contribution in [3.05, 3.63) is 12.2 Å². The highest BCUT2D eigenvalue weighted by Crippen LogP contribution is 2.18. The maximum atomic E-state index is 12.5. The van der Waals surface area contributed by atoms with Crippen LogP contribution in [0.25, 0.3) is 0 Å². The van der Waals surface area contributed by atoms with Crippen LogP contribution in [-0.4, -0.2) is 47.4 Å². The van der Waals surface area contributed by atoms with Crippen LogP contribution in [0.3, 0.4) is 0 Å². The molecular weight excluding hydrogens is 839 g/mol. The number of rotatable bonds is 58. The first-order chi connectivity index (χ1) is 33.5. The Morgan fingerprint density at radius 3 is 1.04 bits per heavy atom. The largest absolute Gasteiger partial charge is 0.466 e. The van der Waals surface area contributed by atoms with Crippen LogP contribution in [0.2, 0.25) is 0 Å². The van der Waals surface area contributed by atoms with Gasteiger partial charge in [0, 0.05) is 12.8 Å². The molecule has 0 aliphatic heterocycles. The number of amides is 1. The number of aliphatic hydroxyl groups is 2. The van der Waals surface area contributed by atoms with Crippen molar-refractivity contribution < 1.29 is 24.5 Å². The van der Waals surface area contributed by atoms with E-state index in [2.05, 4.69) is 31.3 Å². The van der Waals surface area contributed by atoms with Crippen molar-refractivity contribution in [1.82, 2.24) is 5.32 Å². The van der Waals surface area contributed by atoms with Crippen LogP contribution in [0.1, 0.15) is 348 Å². The number of hydrogen-bond acceptors (Lipinski definition) is 5. The molecule has 2 atom stereocenters. The number of nitrogens with one attached hydrogen (secondary N) is 1. The molecule has 0 aromatic carbocycles. The van der Waals surface area contributed by atoms with Crippen LogP contribution in [0.5, 0.6) is 0 Å². The van der Waals surface area contributed by atoms with Gasteiger partial charge in [-0.3, -0.25) is 9.59 Å². The molecule has 0 aliphatic rings. The molecule has 6 nitrogen and oxygen atoms in total. The van der Waals surface area contributed by atoms with Crippen LogP contribution >= 0.6 is 0 Å². The van der Waals surface area contributed by atoms with E-state index in [0.29, 0.717) is 25.9 Å². The number of unbranched alkanes of at least 4 members (excludes halogenated alkanes) is 45. The number of esters is 1. The lowest BCUT2D eigenvalue weighted by Gasteiger charge is -2.22. The molecule has 0 heterocycles. The van der Waals surface area contributed by atoms with Gasteiger partial charge in [-0.1, -0.05) is 296 Å². The molecule has 0 aromatic rings. The fourth-order valence-electron chi connectivity index (χ4n) is 9.81. The van der Waals surface area contributed by atoms with Gasteiger partial charge in [0.2, 0.25) is 5.91 Å². The smallest absolute Gasteiger partial charge is 0.305 e. The minimum atomic E-state index is -0.683. The first-order valence-electron chi connectivity index (χ1n) is 30.9. The van der Waals surface area contributed by atoms with E-state index in [9.17, 15) is 19.8 Å². The molecule has 404 valence electrons. The second-order valence-electron chi connectivity index (χ2n) is 21.4. The van der Waals surface area contributed by atoms with Crippen molar-refractivity contribution in [2.75, 3.05) is 13.2 Å². The van der Waals surface area contributed by atoms with E-state index in [0.717, 1.165) is 77.0 Å². The van der Waals surface area contributed by atoms with E-state index in [1.807, 2.05) is 0 Å². The lowest BCUT2D eigenvalue weighted by molar-refractivity contribution is -0.143. The maximum Gasteiger partial charge on any atom is 0.305 e. The van der Waals surface area contributed by atoms with E-state index in [1.54, 1.807) is 0 Å². The Hall–Kier alpha value is -1.40. The molecule has 0 fully saturated rings. The summed E-state index contributed by atoms with van der Waals surface area (Å²) in [5.41, 5.74) is 0. The third-order valence-corrected chi connectivity index (χ3v) is 14.6. The molecule has 6 heteroatoms. The summed E-state index contributed by atoms with van der Waals surface area (Å²) in [5, 5.41) is 23.3. The van der Waals surface area contributed by atoms with Gasteiger partial charge in [-0.15, -0.1) is 0 Å². The Balaban J connectivity index is 3.47. The molecule has 2 unspecified atom stereocenters. The van der Waals surface area contributed by atoms with Gasteiger partial charge >= 0.3 is 5.97 Å². The molecule has 0 bridgehead atoms. The third kappa shape index (κ3) is 53.9. The summed E-state index contributed by atoms with van der Waals surface area (Å²) >= 11 is 0. The Morgan fingerprint density at radius 2 is 0.691 bits per heavy atom. The molecule has 0 rings (SSSR count). The minimum absolute atomic E-state index is 0.0255. The van der Waals surface area contributed by atoms with Gasteiger partial charge < -0.3 is 20.3 Å². The monoisotopic (exact) mass is 960 g/mol. The highest BCUT2D eigenvalue weighted by molar-refractivity contribution is 5.76. The maximum absolute atomic E-state index is 12.5. The van der Waals surface area contributed by atoms with E-state index in [1.165, 1.54) is 238 Å². The molecule has 0 saturated carbocycles. The average molecular weight is 961 g/mol. The van der Waals surface area contributed by atoms with Gasteiger partial charge in [0.1, 0.15) is 0 Å². The molecule has 68 heavy (non-hydrogen) atoms. The normalized spacial score (nSPS) is 12.6. The van der Waals surface area contributed by atoms with Gasteiger partial charge in [-0.2, -0.15) is 0 Å². The Bertz CT molecular complexity index is 1020. The van der Waals surface area contributed by atoms with E-state index >= 15 is 0 Å². The standard InChI is InChI=1S/C62H121NO5/c1-3-5-7-9-11-13-15-17-19-21-23-24-25-26-27-29-31-34-38-42-46-50-54-60(65)59(58-64)63-61(66)55-51-47-43-39-35-33-37-41-45-49-53-57-68-62(67)56-52-48-44-40-36-32-30-28-22-20-18-16-14-12-10-8-6-4-2/h37,41,59-60,64-65H,3-36,38-40,42-58H2,1-2H3,(H,63,66)/b41-37-. The first-order valence-corrected chi connectivity index (χ1v) is 30.9. The Kier molecular flexibility index (Phi) is 57.0. The zero-order chi connectivity index (χ0) is 49.3. The van der Waals surface area contributed by atoms with E-state index in [4.69, 9.17) is 4.74 Å². The van der Waals surface area contributed by atoms with Crippen LogP contribution in [0, 0.1) is 0 Å². The molecule has 3 N–H and O–H groups in total. The van der Waals surface area contributed by atoms with Gasteiger partial charge in [-0.25, -0.2) is 0 Å². The molecule has 0 radical (unpaired) electrons. The minimum Gasteiger partial charge on any atom is -0.466 e. The third-order valence-electron chi connectivity index (χ3n) is 14.6. The summed E-state index contributed by atoms with van der Waals surface area (Å²) in [7, 11) is 0. The number of aliphatic hydroxyl groups excluding tert-OH is 2. The van der Waals surface area contributed by atoms with Crippen molar-refractivity contribution in [3.8, 4) is 0 Å². The van der Waals surface area contributed by atoms with E-state index < -0.39 is 12.1 Å². The predicted molar refractivity (Wildman–Crippen MR) is 297 cm³/mol. The summed E-state index contributed by atoms with van der Waals surface area (Å²) in [6, 6.07) is -0.563. The van der Waals surface area contributed by atoms with Crippen LogP contribution < -0.4 is 5.32 Å². The number of hydrogen-bond donors (Lipinski definition) is 3. The number of allylic oxidation sites excluding steroid dienone is 2. The van der Waals surface area contributed by atoms with Crippen LogP contribution in [0.4, 0.5) is 0 Å². The molecule has 0 saturated heterocycles. The first kappa shape index (κ1) is 66.6. The zero-order valence-corrected chi connectivity index (χ0v) is 46.1. The highest BCUT2D eigenvalue weighted by Gasteiger charge is 2.20. The second-order valence-corrected chi connectivity index (χ2v) is 21.4. The lowest BCUT2D eigenvalue weighted by atomic mass is 10.0. The van der Waals surface area contributed by atoms with Crippen molar-refractivity contribution in [3.63, 3.8) is 0 Å². The Morgan fingerprint density at radius 1 is 0.397 bits per heavy atom. The van der Waals surface area contributed by atoms with Crippen molar-refractivity contribution in [2.45, 2.75) is 360 Å². The average Bonchev–Trinajstić information content (AvgIpc) is 3.34. The number of ether oxygens (including phenoxy) is 1. The molecule has 1 amide bonds. The fraction of sp³-hybridized carbons (Fsp3) is 0.935. The van der Waals surface area contributed by atoms with E-state index in [-0.39, 0.29) is 18.5 Å². The Labute approximate surface area is 425 Å². The topological polar surface area (TPSA) is 95.9 Å². The van der Waals surface area contributed by atoms with Gasteiger partial charge in [0.05, 0.1) is 25.4 Å².